The Balaban J connectivity index is 0.000000294. The van der Waals surface area contributed by atoms with Crippen molar-refractivity contribution >= 4 is 12.6 Å². The fourth-order valence-electron chi connectivity index (χ4n) is 2.08. The molecule has 0 bridgehead atoms. The number of carbonyl (C=O) groups excluding carboxylic acids is 2. The molecule has 3 rings (SSSR count). The van der Waals surface area contributed by atoms with Crippen LogP contribution in [0, 0.1) is 11.6 Å². The summed E-state index contributed by atoms with van der Waals surface area (Å²) in [7, 11) is -1.00. The molecule has 3 aromatic rings. The first-order chi connectivity index (χ1) is 14.4. The predicted molar refractivity (Wildman–Crippen MR) is 103 cm³/mol. The van der Waals surface area contributed by atoms with Gasteiger partial charge in [-0.2, -0.15) is 0 Å². The Morgan fingerprint density at radius 1 is 0.931 bits per heavy atom. The lowest BCUT2D eigenvalue weighted by molar-refractivity contribution is 0.111. The van der Waals surface area contributed by atoms with Crippen molar-refractivity contribution in [2.45, 2.75) is 6.61 Å². The minimum atomic E-state index is -1.00. The zero-order valence-corrected chi connectivity index (χ0v) is 15.2. The van der Waals surface area contributed by atoms with Gasteiger partial charge in [-0.3, -0.25) is 14.0 Å². The number of rotatable bonds is 5. The van der Waals surface area contributed by atoms with Crippen LogP contribution in [-0.2, 0) is 6.61 Å². The molecule has 152 valence electrons. The minimum absolute atomic E-state index is 0.0985. The molecule has 1 N–H and O–H groups in total. The minimum Gasteiger partial charge on any atom is -0.507 e. The van der Waals surface area contributed by atoms with Crippen LogP contribution in [0.5, 0.6) is 11.5 Å². The summed E-state index contributed by atoms with van der Waals surface area (Å²) in [5.41, 5.74) is 1.41. The summed E-state index contributed by atoms with van der Waals surface area (Å²) in [5, 5.41) is 8.82. The summed E-state index contributed by atoms with van der Waals surface area (Å²) in [4.78, 5) is 20.8. The third kappa shape index (κ3) is 7.88. The second kappa shape index (κ2) is 12.7. The Hall–Kier alpha value is -3.61. The van der Waals surface area contributed by atoms with E-state index in [-0.39, 0.29) is 17.1 Å². The number of phenols is 1. The molecule has 0 spiro atoms. The SMILES string of the molecule is O=Cc1ccc(F)cc1O.O=Cc1ccc(F)cc1OCc1ccccc1.[2H]CF. The number of aromatic hydroxyl groups is 1. The Kier molecular flexibility index (Phi) is 9.51. The third-order valence-electron chi connectivity index (χ3n) is 3.46. The van der Waals surface area contributed by atoms with Gasteiger partial charge in [-0.15, -0.1) is 0 Å². The molecular formula is C22H19F3O4. The lowest BCUT2D eigenvalue weighted by Gasteiger charge is -2.08. The van der Waals surface area contributed by atoms with Crippen molar-refractivity contribution in [3.05, 3.63) is 95.1 Å². The first-order valence-corrected chi connectivity index (χ1v) is 8.15. The van der Waals surface area contributed by atoms with Crippen molar-refractivity contribution in [3.63, 3.8) is 0 Å². The van der Waals surface area contributed by atoms with Crippen LogP contribution in [-0.4, -0.2) is 24.8 Å². The number of hydrogen-bond donors (Lipinski definition) is 1. The van der Waals surface area contributed by atoms with Gasteiger partial charge in [-0.05, 0) is 29.8 Å². The van der Waals surface area contributed by atoms with E-state index in [1.807, 2.05) is 30.3 Å². The predicted octanol–water partition coefficient (Wildman–Crippen LogP) is 5.15. The number of halogens is 3. The highest BCUT2D eigenvalue weighted by Crippen LogP contribution is 2.19. The topological polar surface area (TPSA) is 63.6 Å². The van der Waals surface area contributed by atoms with Crippen LogP contribution < -0.4 is 4.74 Å². The normalized spacial score (nSPS) is 9.69. The molecule has 0 radical (unpaired) electrons. The fraction of sp³-hybridized carbons (Fsp3) is 0.0909. The van der Waals surface area contributed by atoms with E-state index in [2.05, 4.69) is 0 Å². The summed E-state index contributed by atoms with van der Waals surface area (Å²) >= 11 is 0. The van der Waals surface area contributed by atoms with E-state index in [0.29, 0.717) is 24.7 Å². The number of phenolic OH excluding ortho intramolecular Hbond substituents is 1. The summed E-state index contributed by atoms with van der Waals surface area (Å²) in [6, 6.07) is 16.6. The Bertz CT molecular complexity index is 937. The van der Waals surface area contributed by atoms with E-state index < -0.39 is 18.8 Å². The van der Waals surface area contributed by atoms with E-state index >= 15 is 0 Å². The van der Waals surface area contributed by atoms with Crippen molar-refractivity contribution in [1.29, 1.82) is 0 Å². The molecule has 0 aliphatic carbocycles. The number of alkyl halides is 1. The standard InChI is InChI=1S/C14H11FO2.C7H5FO2.CH3F/c15-13-7-6-12(9-16)14(8-13)17-10-11-4-2-1-3-5-11;8-6-2-1-5(4-9)7(10)3-6;1-2/h1-9H,10H2;1-4,10H;1H3/i;;1D. The van der Waals surface area contributed by atoms with Crippen LogP contribution in [0.4, 0.5) is 13.2 Å². The van der Waals surface area contributed by atoms with Gasteiger partial charge in [0, 0.05) is 12.1 Å². The summed E-state index contributed by atoms with van der Waals surface area (Å²) < 4.78 is 46.1. The fourth-order valence-corrected chi connectivity index (χ4v) is 2.08. The highest BCUT2D eigenvalue weighted by Gasteiger charge is 2.05. The average molecular weight is 405 g/mol. The molecule has 7 heteroatoms. The van der Waals surface area contributed by atoms with Crippen LogP contribution in [0.15, 0.2) is 66.7 Å². The van der Waals surface area contributed by atoms with Gasteiger partial charge in [0.15, 0.2) is 12.6 Å². The highest BCUT2D eigenvalue weighted by molar-refractivity contribution is 5.79. The lowest BCUT2D eigenvalue weighted by atomic mass is 10.2. The molecule has 0 saturated carbocycles. The third-order valence-corrected chi connectivity index (χ3v) is 3.46. The maximum absolute atomic E-state index is 13.0. The number of carbonyl (C=O) groups is 2. The first kappa shape index (κ1) is 21.7. The van der Waals surface area contributed by atoms with Crippen LogP contribution in [0.3, 0.4) is 0 Å². The molecule has 0 fully saturated rings. The van der Waals surface area contributed by atoms with Gasteiger partial charge < -0.3 is 9.84 Å². The number of hydrogen-bond acceptors (Lipinski definition) is 4. The molecule has 0 heterocycles. The second-order valence-electron chi connectivity index (χ2n) is 5.40. The zero-order chi connectivity index (χ0) is 22.4. The van der Waals surface area contributed by atoms with Crippen molar-refractivity contribution in [2.75, 3.05) is 7.15 Å². The molecule has 0 unspecified atom stereocenters. The van der Waals surface area contributed by atoms with Crippen molar-refractivity contribution < 1.29 is 34.0 Å². The summed E-state index contributed by atoms with van der Waals surface area (Å²) in [6.45, 7) is 0.311. The Morgan fingerprint density at radius 2 is 1.48 bits per heavy atom. The highest BCUT2D eigenvalue weighted by atomic mass is 19.1. The molecule has 0 aromatic heterocycles. The molecule has 29 heavy (non-hydrogen) atoms. The molecule has 0 aliphatic heterocycles. The van der Waals surface area contributed by atoms with Gasteiger partial charge in [-0.25, -0.2) is 8.78 Å². The second-order valence-corrected chi connectivity index (χ2v) is 5.40. The molecular weight excluding hydrogens is 385 g/mol. The van der Waals surface area contributed by atoms with Crippen LogP contribution in [0.25, 0.3) is 0 Å². The zero-order valence-electron chi connectivity index (χ0n) is 16.2. The molecule has 0 atom stereocenters. The van der Waals surface area contributed by atoms with Gasteiger partial charge in [0.25, 0.3) is 0 Å². The quantitative estimate of drug-likeness (QED) is 0.597. The summed E-state index contributed by atoms with van der Waals surface area (Å²) in [5.74, 6) is -1.03. The first-order valence-electron chi connectivity index (χ1n) is 8.86. The van der Waals surface area contributed by atoms with Gasteiger partial charge >= 0.3 is 0 Å². The van der Waals surface area contributed by atoms with E-state index in [1.54, 1.807) is 0 Å². The lowest BCUT2D eigenvalue weighted by Crippen LogP contribution is -1.98. The van der Waals surface area contributed by atoms with Crippen molar-refractivity contribution in [1.82, 2.24) is 0 Å². The van der Waals surface area contributed by atoms with Gasteiger partial charge in [0.1, 0.15) is 29.7 Å². The maximum atomic E-state index is 13.0. The number of aldehydes is 2. The molecule has 3 aromatic carbocycles. The Labute approximate surface area is 167 Å². The van der Waals surface area contributed by atoms with Crippen molar-refractivity contribution in [2.24, 2.45) is 0 Å². The van der Waals surface area contributed by atoms with E-state index in [0.717, 1.165) is 17.7 Å². The van der Waals surface area contributed by atoms with Crippen molar-refractivity contribution in [3.8, 4) is 11.5 Å². The van der Waals surface area contributed by atoms with E-state index in [4.69, 9.17) is 11.2 Å². The van der Waals surface area contributed by atoms with Crippen LogP contribution >= 0.6 is 0 Å². The average Bonchev–Trinajstić information content (AvgIpc) is 2.74. The maximum Gasteiger partial charge on any atom is 0.153 e. The summed E-state index contributed by atoms with van der Waals surface area (Å²) in [6.07, 6.45) is 1.12. The van der Waals surface area contributed by atoms with E-state index in [1.165, 1.54) is 24.3 Å². The smallest absolute Gasteiger partial charge is 0.153 e. The van der Waals surface area contributed by atoms with Gasteiger partial charge in [0.2, 0.25) is 0 Å². The Morgan fingerprint density at radius 3 is 2.03 bits per heavy atom. The molecule has 0 saturated heterocycles. The molecule has 0 aliphatic rings. The number of benzene rings is 3. The number of ether oxygens (including phenoxy) is 1. The van der Waals surface area contributed by atoms with Gasteiger partial charge in [-0.1, -0.05) is 30.3 Å². The molecule has 4 nitrogen and oxygen atoms in total. The van der Waals surface area contributed by atoms with Gasteiger partial charge in [0.05, 0.1) is 19.7 Å². The molecule has 0 amide bonds. The largest absolute Gasteiger partial charge is 0.507 e. The van der Waals surface area contributed by atoms with E-state index in [9.17, 15) is 22.8 Å². The van der Waals surface area contributed by atoms with Crippen LogP contribution in [0.2, 0.25) is 0 Å². The van der Waals surface area contributed by atoms with Crippen LogP contribution in [0.1, 0.15) is 27.7 Å². The monoisotopic (exact) mass is 405 g/mol.